The van der Waals surface area contributed by atoms with Gasteiger partial charge < -0.3 is 0 Å². The van der Waals surface area contributed by atoms with Crippen LogP contribution in [-0.4, -0.2) is 19.9 Å². The Kier molecular flexibility index (Phi) is 6.94. The highest BCUT2D eigenvalue weighted by molar-refractivity contribution is 5.91. The zero-order chi connectivity index (χ0) is 29.5. The molecule has 0 spiro atoms. The predicted molar refractivity (Wildman–Crippen MR) is 174 cm³/mol. The van der Waals surface area contributed by atoms with E-state index in [-0.39, 0.29) is 10.8 Å². The van der Waals surface area contributed by atoms with Gasteiger partial charge >= 0.3 is 0 Å². The highest BCUT2D eigenvalue weighted by Gasteiger charge is 2.26. The minimum absolute atomic E-state index is 0.0880. The van der Waals surface area contributed by atoms with Gasteiger partial charge in [-0.3, -0.25) is 9.97 Å². The molecular weight excluding hydrogens is 512 g/mol. The highest BCUT2D eigenvalue weighted by atomic mass is 14.8. The molecule has 0 amide bonds. The normalized spacial score (nSPS) is 12.0. The van der Waals surface area contributed by atoms with E-state index in [0.29, 0.717) is 0 Å². The van der Waals surface area contributed by atoms with E-state index in [2.05, 4.69) is 112 Å². The number of aromatic nitrogens is 4. The number of pyridine rings is 2. The smallest absolute Gasteiger partial charge is 0.0973 e. The summed E-state index contributed by atoms with van der Waals surface area (Å²) in [5.74, 6) is 0. The van der Waals surface area contributed by atoms with Crippen molar-refractivity contribution in [1.29, 1.82) is 0 Å². The van der Waals surface area contributed by atoms with Crippen molar-refractivity contribution in [2.24, 2.45) is 0 Å². The molecule has 0 aliphatic heterocycles. The van der Waals surface area contributed by atoms with Crippen LogP contribution in [-0.2, 0) is 10.8 Å². The van der Waals surface area contributed by atoms with Crippen LogP contribution in [0.1, 0.15) is 52.7 Å². The van der Waals surface area contributed by atoms with E-state index in [9.17, 15) is 0 Å². The minimum atomic E-state index is -0.0880. The Hall–Kier alpha value is -4.70. The van der Waals surface area contributed by atoms with Gasteiger partial charge in [0, 0.05) is 34.6 Å². The first-order chi connectivity index (χ1) is 20.1. The Morgan fingerprint density at radius 1 is 0.405 bits per heavy atom. The molecule has 0 N–H and O–H groups in total. The predicted octanol–water partition coefficient (Wildman–Crippen LogP) is 9.68. The zero-order valence-electron chi connectivity index (χ0n) is 25.2. The summed E-state index contributed by atoms with van der Waals surface area (Å²) in [6, 6.07) is 33.5. The molecule has 0 radical (unpaired) electrons. The number of rotatable bonds is 4. The first-order valence-corrected chi connectivity index (χ1v) is 14.5. The van der Waals surface area contributed by atoms with E-state index in [1.165, 1.54) is 11.1 Å². The summed E-state index contributed by atoms with van der Waals surface area (Å²) in [4.78, 5) is 20.0. The third-order valence-electron chi connectivity index (χ3n) is 7.68. The van der Waals surface area contributed by atoms with Gasteiger partial charge in [-0.1, -0.05) is 114 Å². The van der Waals surface area contributed by atoms with E-state index >= 15 is 0 Å². The first-order valence-electron chi connectivity index (χ1n) is 14.5. The Bertz CT molecular complexity index is 1710. The largest absolute Gasteiger partial charge is 0.256 e. The molecule has 4 heteroatoms. The summed E-state index contributed by atoms with van der Waals surface area (Å²) in [7, 11) is 0. The average Bonchev–Trinajstić information content (AvgIpc) is 3.00. The van der Waals surface area contributed by atoms with E-state index in [4.69, 9.17) is 9.97 Å². The Labute approximate surface area is 248 Å². The monoisotopic (exact) mass is 548 g/mol. The standard InChI is InChI=1S/C38H36N4/c1-37(2,3)29-21-22-30(38(4,5)6)36-35(29)41-33(27-17-13-25(14-18-27)31-11-7-9-23-39-31)34(42-36)28-19-15-26(16-20-28)32-12-8-10-24-40-32/h7-24H,1-6H3. The highest BCUT2D eigenvalue weighted by Crippen LogP contribution is 2.39. The van der Waals surface area contributed by atoms with Gasteiger partial charge in [-0.15, -0.1) is 0 Å². The van der Waals surface area contributed by atoms with Gasteiger partial charge in [-0.2, -0.15) is 0 Å². The Balaban J connectivity index is 1.59. The van der Waals surface area contributed by atoms with Crippen molar-refractivity contribution in [3.63, 3.8) is 0 Å². The molecule has 0 atom stereocenters. The Morgan fingerprint density at radius 3 is 1.07 bits per heavy atom. The van der Waals surface area contributed by atoms with Gasteiger partial charge in [0.25, 0.3) is 0 Å². The second-order valence-electron chi connectivity index (χ2n) is 12.9. The van der Waals surface area contributed by atoms with Crippen LogP contribution in [0, 0.1) is 0 Å². The molecule has 42 heavy (non-hydrogen) atoms. The second kappa shape index (κ2) is 10.6. The fourth-order valence-electron chi connectivity index (χ4n) is 5.41. The zero-order valence-corrected chi connectivity index (χ0v) is 25.2. The summed E-state index contributed by atoms with van der Waals surface area (Å²) in [5, 5.41) is 0. The lowest BCUT2D eigenvalue weighted by atomic mass is 9.80. The number of benzene rings is 3. The maximum absolute atomic E-state index is 5.45. The van der Waals surface area contributed by atoms with Gasteiger partial charge in [-0.25, -0.2) is 9.97 Å². The van der Waals surface area contributed by atoms with Gasteiger partial charge in [-0.05, 0) is 46.2 Å². The molecule has 4 nitrogen and oxygen atoms in total. The van der Waals surface area contributed by atoms with Crippen LogP contribution in [0.15, 0.2) is 109 Å². The maximum Gasteiger partial charge on any atom is 0.0973 e. The van der Waals surface area contributed by atoms with E-state index in [1.54, 1.807) is 0 Å². The second-order valence-corrected chi connectivity index (χ2v) is 12.9. The van der Waals surface area contributed by atoms with Crippen molar-refractivity contribution in [2.45, 2.75) is 52.4 Å². The van der Waals surface area contributed by atoms with Crippen molar-refractivity contribution in [3.8, 4) is 45.0 Å². The summed E-state index contributed by atoms with van der Waals surface area (Å²) in [6.45, 7) is 13.5. The van der Waals surface area contributed by atoms with E-state index in [1.807, 2.05) is 48.8 Å². The number of nitrogens with zero attached hydrogens (tertiary/aromatic N) is 4. The van der Waals surface area contributed by atoms with Gasteiger partial charge in [0.05, 0.1) is 33.8 Å². The quantitative estimate of drug-likeness (QED) is 0.220. The molecule has 0 unspecified atom stereocenters. The molecule has 0 bridgehead atoms. The summed E-state index contributed by atoms with van der Waals surface area (Å²) in [5.41, 5.74) is 12.0. The van der Waals surface area contributed by atoms with E-state index in [0.717, 1.165) is 56.1 Å². The van der Waals surface area contributed by atoms with Gasteiger partial charge in [0.15, 0.2) is 0 Å². The van der Waals surface area contributed by atoms with Crippen LogP contribution in [0.4, 0.5) is 0 Å². The summed E-state index contributed by atoms with van der Waals surface area (Å²) < 4.78 is 0. The van der Waals surface area contributed by atoms with Crippen LogP contribution < -0.4 is 0 Å². The van der Waals surface area contributed by atoms with Crippen molar-refractivity contribution >= 4 is 11.0 Å². The Morgan fingerprint density at radius 2 is 0.762 bits per heavy atom. The molecular formula is C38H36N4. The van der Waals surface area contributed by atoms with Crippen molar-refractivity contribution < 1.29 is 0 Å². The molecule has 0 saturated heterocycles. The molecule has 208 valence electrons. The topological polar surface area (TPSA) is 51.6 Å². The van der Waals surface area contributed by atoms with Gasteiger partial charge in [0.1, 0.15) is 0 Å². The molecule has 0 fully saturated rings. The van der Waals surface area contributed by atoms with Crippen LogP contribution in [0.5, 0.6) is 0 Å². The molecule has 3 aromatic heterocycles. The van der Waals surface area contributed by atoms with Crippen LogP contribution in [0.3, 0.4) is 0 Å². The maximum atomic E-state index is 5.45. The van der Waals surface area contributed by atoms with Crippen molar-refractivity contribution in [3.05, 3.63) is 121 Å². The summed E-state index contributed by atoms with van der Waals surface area (Å²) >= 11 is 0. The fourth-order valence-corrected chi connectivity index (χ4v) is 5.41. The first kappa shape index (κ1) is 27.5. The lowest BCUT2D eigenvalue weighted by Crippen LogP contribution is -2.17. The molecule has 6 aromatic rings. The number of hydrogen-bond acceptors (Lipinski definition) is 4. The lowest BCUT2D eigenvalue weighted by Gasteiger charge is -2.26. The third-order valence-corrected chi connectivity index (χ3v) is 7.68. The number of fused-ring (bicyclic) bond motifs is 1. The fraction of sp³-hybridized carbons (Fsp3) is 0.211. The molecule has 3 aromatic carbocycles. The molecule has 6 rings (SSSR count). The lowest BCUT2D eigenvalue weighted by molar-refractivity contribution is 0.583. The van der Waals surface area contributed by atoms with Crippen LogP contribution in [0.2, 0.25) is 0 Å². The van der Waals surface area contributed by atoms with Crippen molar-refractivity contribution in [1.82, 2.24) is 19.9 Å². The molecule has 0 saturated carbocycles. The van der Waals surface area contributed by atoms with Crippen molar-refractivity contribution in [2.75, 3.05) is 0 Å². The third kappa shape index (κ3) is 5.33. The van der Waals surface area contributed by atoms with Gasteiger partial charge in [0.2, 0.25) is 0 Å². The van der Waals surface area contributed by atoms with Crippen LogP contribution >= 0.6 is 0 Å². The molecule has 0 aliphatic rings. The summed E-state index contributed by atoms with van der Waals surface area (Å²) in [6.07, 6.45) is 3.65. The minimum Gasteiger partial charge on any atom is -0.256 e. The average molecular weight is 549 g/mol. The molecule has 0 aliphatic carbocycles. The van der Waals surface area contributed by atoms with Crippen LogP contribution in [0.25, 0.3) is 56.1 Å². The SMILES string of the molecule is CC(C)(C)c1ccc(C(C)(C)C)c2nc(-c3ccc(-c4ccccn4)cc3)c(-c3ccc(-c4ccccn4)cc3)nc12. The number of hydrogen-bond donors (Lipinski definition) is 0. The van der Waals surface area contributed by atoms with E-state index < -0.39 is 0 Å². The molecule has 3 heterocycles.